The smallest absolute Gasteiger partial charge is 0.0682 e. The highest BCUT2D eigenvalue weighted by atomic mass is 16.5. The maximum Gasteiger partial charge on any atom is 0.0682 e. The van der Waals surface area contributed by atoms with E-state index in [1.807, 2.05) is 0 Å². The van der Waals surface area contributed by atoms with Crippen LogP contribution in [0.1, 0.15) is 143 Å². The molecule has 0 bridgehead atoms. The monoisotopic (exact) mass is 392 g/mol. The molecular weight excluding hydrogens is 340 g/mol. The molecule has 0 atom stereocenters. The van der Waals surface area contributed by atoms with Crippen LogP contribution in [-0.4, -0.2) is 12.2 Å². The summed E-state index contributed by atoms with van der Waals surface area (Å²) in [5.74, 6) is 3.10. The van der Waals surface area contributed by atoms with Crippen LogP contribution in [0.3, 0.4) is 0 Å². The normalized spacial score (nSPS) is 31.2. The molecule has 0 heterocycles. The number of rotatable bonds is 14. The van der Waals surface area contributed by atoms with Crippen molar-refractivity contribution >= 4 is 0 Å². The Labute approximate surface area is 177 Å². The van der Waals surface area contributed by atoms with Gasteiger partial charge >= 0.3 is 0 Å². The van der Waals surface area contributed by atoms with E-state index in [1.165, 1.54) is 122 Å². The third kappa shape index (κ3) is 8.37. The van der Waals surface area contributed by atoms with Gasteiger partial charge in [-0.05, 0) is 69.6 Å². The Morgan fingerprint density at radius 3 is 1.82 bits per heavy atom. The lowest BCUT2D eigenvalue weighted by atomic mass is 9.67. The quantitative estimate of drug-likeness (QED) is 0.268. The molecule has 1 nitrogen and oxygen atoms in total. The van der Waals surface area contributed by atoms with Gasteiger partial charge in [0, 0.05) is 6.61 Å². The van der Waals surface area contributed by atoms with Gasteiger partial charge in [-0.3, -0.25) is 0 Å². The summed E-state index contributed by atoms with van der Waals surface area (Å²) >= 11 is 0. The molecule has 2 aliphatic rings. The lowest BCUT2D eigenvalue weighted by molar-refractivity contribution is -0.0855. The molecule has 166 valence electrons. The molecule has 0 radical (unpaired) electrons. The Morgan fingerprint density at radius 2 is 1.21 bits per heavy atom. The molecule has 0 spiro atoms. The first kappa shape index (κ1) is 24.2. The van der Waals surface area contributed by atoms with Crippen LogP contribution in [0.15, 0.2) is 0 Å². The zero-order valence-corrected chi connectivity index (χ0v) is 19.8. The first-order valence-corrected chi connectivity index (χ1v) is 13.4. The van der Waals surface area contributed by atoms with Crippen molar-refractivity contribution in [3.8, 4) is 0 Å². The SMILES string of the molecule is CCCCCCC[C@]1(OCC)CC[C@@H](C2CCC(CCCCCC)CC2)CC1. The van der Waals surface area contributed by atoms with Gasteiger partial charge in [0.15, 0.2) is 0 Å². The highest BCUT2D eigenvalue weighted by molar-refractivity contribution is 4.90. The van der Waals surface area contributed by atoms with Gasteiger partial charge in [-0.25, -0.2) is 0 Å². The van der Waals surface area contributed by atoms with Gasteiger partial charge in [0.2, 0.25) is 0 Å². The summed E-state index contributed by atoms with van der Waals surface area (Å²) in [6.45, 7) is 7.74. The second-order valence-corrected chi connectivity index (χ2v) is 10.2. The molecule has 2 saturated carbocycles. The fraction of sp³-hybridized carbons (Fsp3) is 1.00. The Kier molecular flexibility index (Phi) is 12.2. The van der Waals surface area contributed by atoms with E-state index in [-0.39, 0.29) is 5.60 Å². The fourth-order valence-corrected chi connectivity index (χ4v) is 6.27. The topological polar surface area (TPSA) is 9.23 Å². The van der Waals surface area contributed by atoms with Crippen molar-refractivity contribution < 1.29 is 4.74 Å². The van der Waals surface area contributed by atoms with E-state index in [0.29, 0.717) is 0 Å². The van der Waals surface area contributed by atoms with Crippen LogP contribution in [0.2, 0.25) is 0 Å². The standard InChI is InChI=1S/C27H52O/c1-4-7-9-11-13-21-27(28-6-3)22-19-26(20-23-27)25-17-15-24(16-18-25)14-12-10-8-5-2/h24-26H,4-23H2,1-3H3/t24?,25?,26-,27+. The maximum atomic E-state index is 6.39. The van der Waals surface area contributed by atoms with Gasteiger partial charge in [-0.1, -0.05) is 90.9 Å². The van der Waals surface area contributed by atoms with Gasteiger partial charge < -0.3 is 4.74 Å². The van der Waals surface area contributed by atoms with Gasteiger partial charge in [-0.2, -0.15) is 0 Å². The molecule has 0 saturated heterocycles. The predicted octanol–water partition coefficient (Wildman–Crippen LogP) is 9.09. The van der Waals surface area contributed by atoms with Crippen LogP contribution in [0.25, 0.3) is 0 Å². The minimum atomic E-state index is 0.244. The summed E-state index contributed by atoms with van der Waals surface area (Å²) in [6.07, 6.45) is 27.3. The molecule has 28 heavy (non-hydrogen) atoms. The first-order valence-electron chi connectivity index (χ1n) is 13.4. The molecule has 0 amide bonds. The fourth-order valence-electron chi connectivity index (χ4n) is 6.27. The Bertz CT molecular complexity index is 360. The van der Waals surface area contributed by atoms with Crippen LogP contribution >= 0.6 is 0 Å². The summed E-state index contributed by atoms with van der Waals surface area (Å²) in [5.41, 5.74) is 0.244. The molecule has 0 unspecified atom stereocenters. The van der Waals surface area contributed by atoms with Crippen molar-refractivity contribution in [1.82, 2.24) is 0 Å². The van der Waals surface area contributed by atoms with Gasteiger partial charge in [0.05, 0.1) is 5.60 Å². The molecule has 1 heteroatoms. The Balaban J connectivity index is 1.67. The van der Waals surface area contributed by atoms with Crippen LogP contribution in [0, 0.1) is 17.8 Å². The summed E-state index contributed by atoms with van der Waals surface area (Å²) in [4.78, 5) is 0. The van der Waals surface area contributed by atoms with Crippen LogP contribution in [0.4, 0.5) is 0 Å². The average molecular weight is 393 g/mol. The second-order valence-electron chi connectivity index (χ2n) is 10.2. The average Bonchev–Trinajstić information content (AvgIpc) is 2.72. The van der Waals surface area contributed by atoms with E-state index in [2.05, 4.69) is 20.8 Å². The zero-order valence-electron chi connectivity index (χ0n) is 19.8. The van der Waals surface area contributed by atoms with Crippen molar-refractivity contribution in [2.45, 2.75) is 148 Å². The summed E-state index contributed by atoms with van der Waals surface area (Å²) in [5, 5.41) is 0. The van der Waals surface area contributed by atoms with Crippen LogP contribution in [0.5, 0.6) is 0 Å². The van der Waals surface area contributed by atoms with Crippen molar-refractivity contribution in [2.24, 2.45) is 17.8 Å². The van der Waals surface area contributed by atoms with Crippen molar-refractivity contribution in [3.63, 3.8) is 0 Å². The van der Waals surface area contributed by atoms with Crippen LogP contribution < -0.4 is 0 Å². The van der Waals surface area contributed by atoms with Gasteiger partial charge in [0.25, 0.3) is 0 Å². The molecule has 2 aliphatic carbocycles. The van der Waals surface area contributed by atoms with Crippen molar-refractivity contribution in [3.05, 3.63) is 0 Å². The Hall–Kier alpha value is -0.0400. The minimum absolute atomic E-state index is 0.244. The lowest BCUT2D eigenvalue weighted by Crippen LogP contribution is -2.39. The van der Waals surface area contributed by atoms with Crippen molar-refractivity contribution in [1.29, 1.82) is 0 Å². The molecule has 2 fully saturated rings. The maximum absolute atomic E-state index is 6.39. The minimum Gasteiger partial charge on any atom is -0.375 e. The highest BCUT2D eigenvalue weighted by Crippen LogP contribution is 2.45. The summed E-state index contributed by atoms with van der Waals surface area (Å²) in [6, 6.07) is 0. The van der Waals surface area contributed by atoms with E-state index < -0.39 is 0 Å². The first-order chi connectivity index (χ1) is 13.7. The Morgan fingerprint density at radius 1 is 0.643 bits per heavy atom. The zero-order chi connectivity index (χ0) is 20.1. The molecule has 0 aromatic heterocycles. The van der Waals surface area contributed by atoms with Gasteiger partial charge in [0.1, 0.15) is 0 Å². The number of hydrogen-bond acceptors (Lipinski definition) is 1. The molecule has 0 aromatic rings. The molecule has 2 rings (SSSR count). The van der Waals surface area contributed by atoms with Crippen molar-refractivity contribution in [2.75, 3.05) is 6.61 Å². The van der Waals surface area contributed by atoms with Crippen LogP contribution in [-0.2, 0) is 4.74 Å². The predicted molar refractivity (Wildman–Crippen MR) is 124 cm³/mol. The van der Waals surface area contributed by atoms with E-state index in [1.54, 1.807) is 0 Å². The second kappa shape index (κ2) is 14.1. The number of hydrogen-bond donors (Lipinski definition) is 0. The number of unbranched alkanes of at least 4 members (excludes halogenated alkanes) is 7. The highest BCUT2D eigenvalue weighted by Gasteiger charge is 2.38. The van der Waals surface area contributed by atoms with E-state index in [4.69, 9.17) is 4.74 Å². The molecular formula is C27H52O. The largest absolute Gasteiger partial charge is 0.375 e. The summed E-state index contributed by atoms with van der Waals surface area (Å²) in [7, 11) is 0. The van der Waals surface area contributed by atoms with E-state index >= 15 is 0 Å². The number of ether oxygens (including phenoxy) is 1. The lowest BCUT2D eigenvalue weighted by Gasteiger charge is -2.44. The molecule has 0 N–H and O–H groups in total. The molecule has 0 aliphatic heterocycles. The van der Waals surface area contributed by atoms with E-state index in [9.17, 15) is 0 Å². The van der Waals surface area contributed by atoms with Gasteiger partial charge in [-0.15, -0.1) is 0 Å². The third-order valence-electron chi connectivity index (χ3n) is 8.15. The summed E-state index contributed by atoms with van der Waals surface area (Å²) < 4.78 is 6.39. The third-order valence-corrected chi connectivity index (χ3v) is 8.15. The van der Waals surface area contributed by atoms with E-state index in [0.717, 1.165) is 24.4 Å². The molecule has 0 aromatic carbocycles.